The van der Waals surface area contributed by atoms with Gasteiger partial charge in [-0.05, 0) is 37.6 Å². The van der Waals surface area contributed by atoms with Gasteiger partial charge in [0, 0.05) is 9.86 Å². The van der Waals surface area contributed by atoms with Crippen LogP contribution in [0.1, 0.15) is 24.6 Å². The summed E-state index contributed by atoms with van der Waals surface area (Å²) in [7, 11) is 0. The van der Waals surface area contributed by atoms with Gasteiger partial charge >= 0.3 is 0 Å². The summed E-state index contributed by atoms with van der Waals surface area (Å²) in [6, 6.07) is 6.30. The van der Waals surface area contributed by atoms with Crippen LogP contribution in [0, 0.1) is 0 Å². The maximum atomic E-state index is 5.77. The summed E-state index contributed by atoms with van der Waals surface area (Å²) in [4.78, 5) is 8.67. The van der Waals surface area contributed by atoms with Crippen molar-refractivity contribution in [3.8, 4) is 0 Å². The summed E-state index contributed by atoms with van der Waals surface area (Å²) >= 11 is 3.49. The van der Waals surface area contributed by atoms with Crippen LogP contribution in [-0.4, -0.2) is 16.5 Å². The van der Waals surface area contributed by atoms with Crippen molar-refractivity contribution >= 4 is 32.8 Å². The summed E-state index contributed by atoms with van der Waals surface area (Å²) in [5.41, 5.74) is 7.70. The van der Waals surface area contributed by atoms with Crippen LogP contribution in [-0.2, 0) is 0 Å². The maximum absolute atomic E-state index is 5.77. The highest BCUT2D eigenvalue weighted by Crippen LogP contribution is 2.29. The molecule has 0 bridgehead atoms. The molecule has 4 nitrogen and oxygen atoms in total. The molecule has 5 heteroatoms. The molecule has 1 aromatic carbocycles. The van der Waals surface area contributed by atoms with E-state index in [-0.39, 0.29) is 0 Å². The Hall–Kier alpha value is -1.20. The van der Waals surface area contributed by atoms with Crippen molar-refractivity contribution in [2.24, 2.45) is 0 Å². The molecule has 0 saturated carbocycles. The lowest BCUT2D eigenvalue weighted by Gasteiger charge is -2.13. The van der Waals surface area contributed by atoms with Crippen LogP contribution >= 0.6 is 15.9 Å². The predicted octanol–water partition coefficient (Wildman–Crippen LogP) is 2.40. The van der Waals surface area contributed by atoms with Crippen LogP contribution in [0.5, 0.6) is 0 Å². The number of nitrogens with one attached hydrogen (secondary N) is 1. The van der Waals surface area contributed by atoms with Gasteiger partial charge in [-0.1, -0.05) is 15.9 Å². The largest absolute Gasteiger partial charge is 0.368 e. The van der Waals surface area contributed by atoms with Crippen LogP contribution in [0.3, 0.4) is 0 Å². The summed E-state index contributed by atoms with van der Waals surface area (Å²) in [5, 5.41) is 4.53. The first-order valence-electron chi connectivity index (χ1n) is 5.70. The maximum Gasteiger partial charge on any atom is 0.220 e. The van der Waals surface area contributed by atoms with Crippen LogP contribution in [0.2, 0.25) is 0 Å². The quantitative estimate of drug-likeness (QED) is 0.847. The Morgan fingerprint density at radius 2 is 2.24 bits per heavy atom. The molecule has 3 rings (SSSR count). The lowest BCUT2D eigenvalue weighted by atomic mass is 10.1. The zero-order valence-corrected chi connectivity index (χ0v) is 10.9. The van der Waals surface area contributed by atoms with E-state index in [1.54, 1.807) is 0 Å². The van der Waals surface area contributed by atoms with E-state index in [9.17, 15) is 0 Å². The van der Waals surface area contributed by atoms with Crippen molar-refractivity contribution in [3.63, 3.8) is 0 Å². The SMILES string of the molecule is Nc1nc(C2CCCN2)c2cc(Br)ccc2n1. The van der Waals surface area contributed by atoms with E-state index in [2.05, 4.69) is 37.3 Å². The second-order valence-corrected chi connectivity index (χ2v) is 5.19. The van der Waals surface area contributed by atoms with Crippen molar-refractivity contribution in [1.82, 2.24) is 15.3 Å². The van der Waals surface area contributed by atoms with Gasteiger partial charge in [0.25, 0.3) is 0 Å². The third kappa shape index (κ3) is 2.00. The third-order valence-corrected chi connectivity index (χ3v) is 3.59. The average Bonchev–Trinajstić information content (AvgIpc) is 2.82. The number of aromatic nitrogens is 2. The number of rotatable bonds is 1. The standard InChI is InChI=1S/C12H13BrN4/c13-7-3-4-9-8(6-7)11(17-12(14)16-9)10-2-1-5-15-10/h3-4,6,10,15H,1-2,5H2,(H2,14,16,17). The molecule has 2 aromatic rings. The second-order valence-electron chi connectivity index (χ2n) is 4.28. The highest BCUT2D eigenvalue weighted by atomic mass is 79.9. The molecule has 1 fully saturated rings. The number of halogens is 1. The topological polar surface area (TPSA) is 63.8 Å². The van der Waals surface area contributed by atoms with Crippen LogP contribution in [0.25, 0.3) is 10.9 Å². The monoisotopic (exact) mass is 292 g/mol. The van der Waals surface area contributed by atoms with Gasteiger partial charge in [0.1, 0.15) is 0 Å². The molecule has 0 spiro atoms. The van der Waals surface area contributed by atoms with Crippen molar-refractivity contribution < 1.29 is 0 Å². The summed E-state index contributed by atoms with van der Waals surface area (Å²) in [5.74, 6) is 0.350. The number of hydrogen-bond donors (Lipinski definition) is 2. The van der Waals surface area contributed by atoms with Crippen LogP contribution < -0.4 is 11.1 Å². The number of hydrogen-bond acceptors (Lipinski definition) is 4. The third-order valence-electron chi connectivity index (χ3n) is 3.09. The zero-order chi connectivity index (χ0) is 11.8. The van der Waals surface area contributed by atoms with Gasteiger partial charge < -0.3 is 11.1 Å². The molecular formula is C12H13BrN4. The van der Waals surface area contributed by atoms with Crippen molar-refractivity contribution in [2.45, 2.75) is 18.9 Å². The van der Waals surface area contributed by atoms with Gasteiger partial charge in [0.15, 0.2) is 0 Å². The van der Waals surface area contributed by atoms with E-state index in [4.69, 9.17) is 5.73 Å². The molecular weight excluding hydrogens is 280 g/mol. The van der Waals surface area contributed by atoms with Crippen molar-refractivity contribution in [3.05, 3.63) is 28.4 Å². The summed E-state index contributed by atoms with van der Waals surface area (Å²) in [6.07, 6.45) is 2.29. The van der Waals surface area contributed by atoms with Gasteiger partial charge in [0.05, 0.1) is 17.3 Å². The molecule has 88 valence electrons. The van der Waals surface area contributed by atoms with E-state index in [0.717, 1.165) is 34.0 Å². The second kappa shape index (κ2) is 4.23. The molecule has 1 unspecified atom stereocenters. The van der Waals surface area contributed by atoms with Crippen molar-refractivity contribution in [2.75, 3.05) is 12.3 Å². The number of nitrogen functional groups attached to an aromatic ring is 1. The molecule has 1 saturated heterocycles. The molecule has 1 aromatic heterocycles. The lowest BCUT2D eigenvalue weighted by molar-refractivity contribution is 0.633. The minimum absolute atomic E-state index is 0.303. The molecule has 0 aliphatic carbocycles. The minimum Gasteiger partial charge on any atom is -0.368 e. The number of fused-ring (bicyclic) bond motifs is 1. The van der Waals surface area contributed by atoms with Gasteiger partial charge in [-0.2, -0.15) is 0 Å². The highest BCUT2D eigenvalue weighted by molar-refractivity contribution is 9.10. The van der Waals surface area contributed by atoms with Gasteiger partial charge in [-0.25, -0.2) is 9.97 Å². The zero-order valence-electron chi connectivity index (χ0n) is 9.28. The molecule has 0 radical (unpaired) electrons. The van der Waals surface area contributed by atoms with Gasteiger partial charge in [0.2, 0.25) is 5.95 Å². The fraction of sp³-hybridized carbons (Fsp3) is 0.333. The Kier molecular flexibility index (Phi) is 2.72. The first kappa shape index (κ1) is 10.9. The highest BCUT2D eigenvalue weighted by Gasteiger charge is 2.20. The minimum atomic E-state index is 0.303. The van der Waals surface area contributed by atoms with E-state index in [0.29, 0.717) is 12.0 Å². The smallest absolute Gasteiger partial charge is 0.220 e. The van der Waals surface area contributed by atoms with Crippen LogP contribution in [0.4, 0.5) is 5.95 Å². The number of benzene rings is 1. The first-order valence-corrected chi connectivity index (χ1v) is 6.49. The van der Waals surface area contributed by atoms with E-state index < -0.39 is 0 Å². The first-order chi connectivity index (χ1) is 8.24. The number of nitrogens with two attached hydrogens (primary N) is 1. The van der Waals surface area contributed by atoms with Crippen molar-refractivity contribution in [1.29, 1.82) is 0 Å². The van der Waals surface area contributed by atoms with Crippen LogP contribution in [0.15, 0.2) is 22.7 Å². The Balaban J connectivity index is 2.23. The van der Waals surface area contributed by atoms with E-state index >= 15 is 0 Å². The molecule has 1 atom stereocenters. The molecule has 0 amide bonds. The molecule has 3 N–H and O–H groups in total. The number of anilines is 1. The molecule has 1 aliphatic heterocycles. The Labute approximate surface area is 108 Å². The Morgan fingerprint density at radius 1 is 1.35 bits per heavy atom. The van der Waals surface area contributed by atoms with Gasteiger partial charge in [-0.3, -0.25) is 0 Å². The lowest BCUT2D eigenvalue weighted by Crippen LogP contribution is -2.16. The summed E-state index contributed by atoms with van der Waals surface area (Å²) in [6.45, 7) is 1.05. The predicted molar refractivity (Wildman–Crippen MR) is 71.6 cm³/mol. The number of nitrogens with zero attached hydrogens (tertiary/aromatic N) is 2. The Morgan fingerprint density at radius 3 is 3.00 bits per heavy atom. The average molecular weight is 293 g/mol. The molecule has 2 heterocycles. The van der Waals surface area contributed by atoms with E-state index in [1.807, 2.05) is 12.1 Å². The van der Waals surface area contributed by atoms with E-state index in [1.165, 1.54) is 6.42 Å². The fourth-order valence-electron chi connectivity index (χ4n) is 2.33. The normalized spacial score (nSPS) is 19.9. The Bertz CT molecular complexity index is 564. The van der Waals surface area contributed by atoms with Gasteiger partial charge in [-0.15, -0.1) is 0 Å². The fourth-order valence-corrected chi connectivity index (χ4v) is 2.69. The molecule has 17 heavy (non-hydrogen) atoms. The molecule has 1 aliphatic rings. The summed E-state index contributed by atoms with van der Waals surface area (Å²) < 4.78 is 1.04.